The average molecular weight is 1090 g/mol. The summed E-state index contributed by atoms with van der Waals surface area (Å²) in [6.45, 7) is 67.9. The fraction of sp³-hybridized carbons (Fsp3) is 1.00. The van der Waals surface area contributed by atoms with Gasteiger partial charge < -0.3 is 0 Å². The van der Waals surface area contributed by atoms with E-state index in [9.17, 15) is 0 Å². The van der Waals surface area contributed by atoms with Crippen molar-refractivity contribution >= 4 is 110 Å². The molecule has 0 nitrogen and oxygen atoms in total. The molecule has 0 aromatic carbocycles. The van der Waals surface area contributed by atoms with Crippen molar-refractivity contribution in [1.82, 2.24) is 0 Å². The van der Waals surface area contributed by atoms with E-state index < -0.39 is 105 Å². The molecule has 0 aromatic rings. The van der Waals surface area contributed by atoms with Gasteiger partial charge in [-0.15, -0.1) is 0 Å². The van der Waals surface area contributed by atoms with Gasteiger partial charge in [0, 0.05) is 0 Å². The van der Waals surface area contributed by atoms with Crippen molar-refractivity contribution in [2.24, 2.45) is 0 Å². The van der Waals surface area contributed by atoms with Gasteiger partial charge in [0.25, 0.3) is 0 Å². The Balaban J connectivity index is 8.03. The second-order valence-corrected chi connectivity index (χ2v) is 122. The molecule has 236 valence electrons. The van der Waals surface area contributed by atoms with Crippen LogP contribution >= 0.6 is 5.27 Å². The molecule has 0 atom stereocenters. The Kier molecular flexibility index (Phi) is 15.3. The van der Waals surface area contributed by atoms with Crippen LogP contribution in [0.3, 0.4) is 0 Å². The Morgan fingerprint density at radius 3 is 0.436 bits per heavy atom. The number of hydrogen-bond acceptors (Lipinski definition) is 1. The summed E-state index contributed by atoms with van der Waals surface area (Å²) in [4.78, 5) is 0. The van der Waals surface area contributed by atoms with Crippen molar-refractivity contribution in [3.8, 4) is 0 Å². The summed E-state index contributed by atoms with van der Waals surface area (Å²) in [5.41, 5.74) is 0. The van der Waals surface area contributed by atoms with Gasteiger partial charge in [-0.05, 0) is 0 Å². The maximum absolute atomic E-state index is 3.12. The summed E-state index contributed by atoms with van der Waals surface area (Å²) in [6.07, 6.45) is 0. The summed E-state index contributed by atoms with van der Waals surface area (Å²) in [5.74, 6) is 0. The molecule has 0 unspecified atom stereocenters. The Bertz CT molecular complexity index is 596. The molecule has 0 bridgehead atoms. The first-order valence-corrected chi connectivity index (χ1v) is 61.6. The second kappa shape index (κ2) is 13.9. The molecule has 0 saturated carbocycles. The summed E-state index contributed by atoms with van der Waals surface area (Å²) in [7, 11) is -10.2. The van der Waals surface area contributed by atoms with Crippen LogP contribution in [0.5, 0.6) is 0 Å². The molecule has 39 heavy (non-hydrogen) atoms. The van der Waals surface area contributed by atoms with Crippen molar-refractivity contribution in [3.63, 3.8) is 0 Å². The molecule has 0 aliphatic rings. The van der Waals surface area contributed by atoms with Crippen LogP contribution in [0.1, 0.15) is 0 Å². The Labute approximate surface area is 275 Å². The Morgan fingerprint density at radius 2 is 0.359 bits per heavy atom. The van der Waals surface area contributed by atoms with Crippen molar-refractivity contribution in [3.05, 3.63) is 0 Å². The van der Waals surface area contributed by atoms with Gasteiger partial charge in [0.2, 0.25) is 0 Å². The zero-order valence-electron chi connectivity index (χ0n) is 31.6. The predicted octanol–water partition coefficient (Wildman–Crippen LogP) is 12.2. The van der Waals surface area contributed by atoms with Crippen molar-refractivity contribution in [2.45, 2.75) is 169 Å². The summed E-state index contributed by atoms with van der Waals surface area (Å²) < 4.78 is 4.94. The van der Waals surface area contributed by atoms with E-state index in [1.165, 1.54) is 11.5 Å². The van der Waals surface area contributed by atoms with Gasteiger partial charge in [0.15, 0.2) is 0 Å². The molecule has 0 saturated heterocycles. The molecule has 0 aliphatic heterocycles. The first kappa shape index (κ1) is 42.9. The first-order chi connectivity index (χ1) is 16.5. The van der Waals surface area contributed by atoms with Gasteiger partial charge in [0.1, 0.15) is 0 Å². The van der Waals surface area contributed by atoms with Crippen molar-refractivity contribution in [2.75, 3.05) is 0 Å². The van der Waals surface area contributed by atoms with Gasteiger partial charge >= 0.3 is 279 Å². The van der Waals surface area contributed by atoms with E-state index in [0.29, 0.717) is 0 Å². The fourth-order valence-electron chi connectivity index (χ4n) is 8.85. The van der Waals surface area contributed by atoms with Crippen LogP contribution < -0.4 is 0 Å². The molecule has 0 aliphatic carbocycles. The predicted molar refractivity (Wildman–Crippen MR) is 221 cm³/mol. The van der Waals surface area contributed by atoms with Crippen LogP contribution in [0.25, 0.3) is 0 Å². The van der Waals surface area contributed by atoms with Crippen LogP contribution in [0, 0.1) is 0 Å². The van der Waals surface area contributed by atoms with Crippen molar-refractivity contribution < 1.29 is 0 Å². The molecule has 11 heteroatoms. The third-order valence-corrected chi connectivity index (χ3v) is 205. The summed E-state index contributed by atoms with van der Waals surface area (Å²) >= 11 is -4.06. The molecule has 0 heterocycles. The Hall–Kier alpha value is 3.85. The third kappa shape index (κ3) is 12.9. The SMILES string of the molecule is C[Si](C)(C)[CH]([Bi]([S][Bi]([CH]([Si](C)(C)C)[Si](C)(C)C)[CH]([Si](C)(C)C)[Si](C)(C)C)[CH]([Si](C)(C)C)[Si](C)(C)C)[Si](C)(C)C. The number of hydrogen-bond donors (Lipinski definition) is 0. The van der Waals surface area contributed by atoms with Gasteiger partial charge in [-0.1, -0.05) is 0 Å². The molecule has 0 aromatic heterocycles. The zero-order chi connectivity index (χ0) is 32.2. The van der Waals surface area contributed by atoms with Crippen LogP contribution in [0.4, 0.5) is 0 Å². The van der Waals surface area contributed by atoms with Crippen LogP contribution in [0.2, 0.25) is 169 Å². The molecule has 0 N–H and O–H groups in total. The van der Waals surface area contributed by atoms with Gasteiger partial charge in [-0.25, -0.2) is 0 Å². The standard InChI is InChI=1S/4C7H19Si2.2Bi.S/c4*1-8(2,3)7-9(4,5)6;;;/h4*7H,1-6H3;;;. The maximum atomic E-state index is 3.12. The van der Waals surface area contributed by atoms with Crippen LogP contribution in [-0.2, 0) is 0 Å². The molecular formula is C28H76Bi2SSi8. The van der Waals surface area contributed by atoms with E-state index in [-0.39, 0.29) is 0 Å². The zero-order valence-corrected chi connectivity index (χ0v) is 47.4. The normalized spacial score (nSPS) is 16.2. The van der Waals surface area contributed by atoms with E-state index in [4.69, 9.17) is 0 Å². The quantitative estimate of drug-likeness (QED) is 0.156. The minimum atomic E-state index is -2.03. The molecule has 0 rings (SSSR count). The number of rotatable bonds is 14. The van der Waals surface area contributed by atoms with Crippen molar-refractivity contribution in [1.29, 1.82) is 0 Å². The van der Waals surface area contributed by atoms with Gasteiger partial charge in [-0.3, -0.25) is 0 Å². The molecule has 0 fully saturated rings. The van der Waals surface area contributed by atoms with Gasteiger partial charge in [0.05, 0.1) is 0 Å². The minimum absolute atomic E-state index is 1.23. The monoisotopic (exact) mass is 1090 g/mol. The summed E-state index contributed by atoms with van der Waals surface area (Å²) in [5, 5.41) is 3.12. The van der Waals surface area contributed by atoms with E-state index in [1.54, 1.807) is 0 Å². The van der Waals surface area contributed by atoms with E-state index >= 15 is 0 Å². The van der Waals surface area contributed by atoms with Gasteiger partial charge in [-0.2, -0.15) is 0 Å². The Morgan fingerprint density at radius 1 is 0.256 bits per heavy atom. The molecule has 0 radical (unpaired) electrons. The topological polar surface area (TPSA) is 0 Å². The molecule has 0 spiro atoms. The first-order valence-electron chi connectivity index (χ1n) is 15.7. The van der Waals surface area contributed by atoms with E-state index in [1.807, 2.05) is 0 Å². The molecular weight excluding hydrogens is 1010 g/mol. The third-order valence-electron chi connectivity index (χ3n) is 7.77. The van der Waals surface area contributed by atoms with Crippen LogP contribution in [-0.4, -0.2) is 105 Å². The van der Waals surface area contributed by atoms with E-state index in [0.717, 1.165) is 0 Å². The fourth-order valence-corrected chi connectivity index (χ4v) is 373. The van der Waals surface area contributed by atoms with E-state index in [2.05, 4.69) is 162 Å². The molecule has 0 amide bonds. The second-order valence-electron chi connectivity index (χ2n) is 21.3. The average Bonchev–Trinajstić information content (AvgIpc) is 2.41. The summed E-state index contributed by atoms with van der Waals surface area (Å²) in [6, 6.07) is 0. The van der Waals surface area contributed by atoms with Crippen LogP contribution in [0.15, 0.2) is 0 Å².